The number of hydrogen-bond acceptors (Lipinski definition) is 4. The zero-order valence-corrected chi connectivity index (χ0v) is 14.3. The Hall–Kier alpha value is -2.22. The van der Waals surface area contributed by atoms with E-state index in [0.717, 1.165) is 0 Å². The monoisotopic (exact) mass is 380 g/mol. The number of nitrogens with zero attached hydrogens (tertiary/aromatic N) is 2. The Morgan fingerprint density at radius 3 is 2.65 bits per heavy atom. The van der Waals surface area contributed by atoms with Crippen LogP contribution in [0.4, 0.5) is 10.5 Å². The second-order valence-electron chi connectivity index (χ2n) is 5.71. The number of halogens is 1. The standard InChI is InChI=1S/C15H17BrN4O3/c1-15(2,6-5-11(21)22)20-14(23)19-9-3-4-10-13(12(9)16)18-8-7-17-10/h3-4,7-8H,5-6H2,1-2H3,(H,21,22)(H2,19,20,23). The summed E-state index contributed by atoms with van der Waals surface area (Å²) in [5.41, 5.74) is 1.29. The van der Waals surface area contributed by atoms with Crippen molar-refractivity contribution >= 4 is 44.7 Å². The Balaban J connectivity index is 2.08. The summed E-state index contributed by atoms with van der Waals surface area (Å²) in [7, 11) is 0. The number of aliphatic carboxylic acids is 1. The number of hydrogen-bond donors (Lipinski definition) is 3. The number of carboxylic acids is 1. The van der Waals surface area contributed by atoms with Crippen molar-refractivity contribution in [3.63, 3.8) is 0 Å². The molecule has 1 aromatic carbocycles. The molecular formula is C15H17BrN4O3. The van der Waals surface area contributed by atoms with Crippen molar-refractivity contribution in [3.05, 3.63) is 29.0 Å². The van der Waals surface area contributed by atoms with E-state index in [-0.39, 0.29) is 6.42 Å². The number of rotatable bonds is 5. The number of benzene rings is 1. The number of anilines is 1. The topological polar surface area (TPSA) is 104 Å². The summed E-state index contributed by atoms with van der Waals surface area (Å²) in [6, 6.07) is 3.08. The van der Waals surface area contributed by atoms with Gasteiger partial charge in [-0.25, -0.2) is 4.79 Å². The smallest absolute Gasteiger partial charge is 0.319 e. The van der Waals surface area contributed by atoms with E-state index in [4.69, 9.17) is 5.11 Å². The second kappa shape index (κ2) is 6.91. The molecule has 0 saturated heterocycles. The highest BCUT2D eigenvalue weighted by molar-refractivity contribution is 9.10. The van der Waals surface area contributed by atoms with Crippen molar-refractivity contribution in [2.45, 2.75) is 32.2 Å². The van der Waals surface area contributed by atoms with Crippen LogP contribution in [0, 0.1) is 0 Å². The van der Waals surface area contributed by atoms with Gasteiger partial charge in [0.2, 0.25) is 0 Å². The molecule has 0 aliphatic rings. The van der Waals surface area contributed by atoms with Gasteiger partial charge in [0.15, 0.2) is 0 Å². The van der Waals surface area contributed by atoms with E-state index in [1.807, 2.05) is 0 Å². The largest absolute Gasteiger partial charge is 0.481 e. The van der Waals surface area contributed by atoms with E-state index in [9.17, 15) is 9.59 Å². The third-order valence-electron chi connectivity index (χ3n) is 3.24. The van der Waals surface area contributed by atoms with Crippen LogP contribution in [0.1, 0.15) is 26.7 Å². The number of carboxylic acid groups (broad SMARTS) is 1. The van der Waals surface area contributed by atoms with Crippen LogP contribution < -0.4 is 10.6 Å². The second-order valence-corrected chi connectivity index (χ2v) is 6.50. The van der Waals surface area contributed by atoms with Gasteiger partial charge in [-0.2, -0.15) is 0 Å². The molecule has 1 aromatic heterocycles. The van der Waals surface area contributed by atoms with Gasteiger partial charge in [0, 0.05) is 24.4 Å². The number of amides is 2. The zero-order chi connectivity index (χ0) is 17.0. The van der Waals surface area contributed by atoms with Crippen LogP contribution in [0.2, 0.25) is 0 Å². The molecule has 0 spiro atoms. The molecule has 0 atom stereocenters. The normalized spacial score (nSPS) is 11.3. The zero-order valence-electron chi connectivity index (χ0n) is 12.8. The fraction of sp³-hybridized carbons (Fsp3) is 0.333. The molecule has 0 unspecified atom stereocenters. The Bertz CT molecular complexity index is 749. The maximum atomic E-state index is 12.1. The van der Waals surface area contributed by atoms with E-state index in [1.165, 1.54) is 0 Å². The molecule has 2 rings (SSSR count). The minimum atomic E-state index is -0.892. The fourth-order valence-electron chi connectivity index (χ4n) is 2.04. The highest BCUT2D eigenvalue weighted by atomic mass is 79.9. The van der Waals surface area contributed by atoms with Gasteiger partial charge in [-0.05, 0) is 48.3 Å². The first-order valence-electron chi connectivity index (χ1n) is 6.99. The lowest BCUT2D eigenvalue weighted by atomic mass is 9.99. The van der Waals surface area contributed by atoms with Crippen LogP contribution in [0.15, 0.2) is 29.0 Å². The molecule has 0 aliphatic heterocycles. The molecule has 0 bridgehead atoms. The lowest BCUT2D eigenvalue weighted by Crippen LogP contribution is -2.45. The molecule has 8 heteroatoms. The van der Waals surface area contributed by atoms with E-state index in [2.05, 4.69) is 36.5 Å². The first-order valence-corrected chi connectivity index (χ1v) is 7.78. The first kappa shape index (κ1) is 17.1. The Morgan fingerprint density at radius 2 is 1.96 bits per heavy atom. The van der Waals surface area contributed by atoms with Crippen molar-refractivity contribution in [2.24, 2.45) is 0 Å². The van der Waals surface area contributed by atoms with Gasteiger partial charge >= 0.3 is 12.0 Å². The highest BCUT2D eigenvalue weighted by Crippen LogP contribution is 2.29. The van der Waals surface area contributed by atoms with Crippen LogP contribution in [-0.2, 0) is 4.79 Å². The van der Waals surface area contributed by atoms with Gasteiger partial charge in [0.1, 0.15) is 5.52 Å². The molecular weight excluding hydrogens is 364 g/mol. The molecule has 0 aliphatic carbocycles. The number of carbonyl (C=O) groups is 2. The van der Waals surface area contributed by atoms with Crippen LogP contribution in [0.3, 0.4) is 0 Å². The summed E-state index contributed by atoms with van der Waals surface area (Å²) in [5, 5.41) is 14.2. The van der Waals surface area contributed by atoms with E-state index >= 15 is 0 Å². The predicted octanol–water partition coefficient (Wildman–Crippen LogP) is 3.16. The number of aromatic nitrogens is 2. The fourth-order valence-corrected chi connectivity index (χ4v) is 2.58. The average Bonchev–Trinajstić information content (AvgIpc) is 2.48. The maximum absolute atomic E-state index is 12.1. The molecule has 2 amide bonds. The number of nitrogens with one attached hydrogen (secondary N) is 2. The Morgan fingerprint density at radius 1 is 1.26 bits per heavy atom. The summed E-state index contributed by atoms with van der Waals surface area (Å²) in [6.45, 7) is 3.55. The van der Waals surface area contributed by atoms with E-state index in [0.29, 0.717) is 27.6 Å². The predicted molar refractivity (Wildman–Crippen MR) is 90.3 cm³/mol. The SMILES string of the molecule is CC(C)(CCC(=O)O)NC(=O)Nc1ccc2nccnc2c1Br. The third kappa shape index (κ3) is 4.62. The third-order valence-corrected chi connectivity index (χ3v) is 4.05. The molecule has 3 N–H and O–H groups in total. The summed E-state index contributed by atoms with van der Waals surface area (Å²) < 4.78 is 0.640. The maximum Gasteiger partial charge on any atom is 0.319 e. The van der Waals surface area contributed by atoms with Crippen LogP contribution in [0.5, 0.6) is 0 Å². The van der Waals surface area contributed by atoms with Gasteiger partial charge in [0.05, 0.1) is 15.7 Å². The Kier molecular flexibility index (Phi) is 5.15. The lowest BCUT2D eigenvalue weighted by molar-refractivity contribution is -0.137. The van der Waals surface area contributed by atoms with Gasteiger partial charge < -0.3 is 15.7 Å². The molecule has 2 aromatic rings. The minimum absolute atomic E-state index is 0.0114. The van der Waals surface area contributed by atoms with Gasteiger partial charge in [0.25, 0.3) is 0 Å². The number of carbonyl (C=O) groups excluding carboxylic acids is 1. The molecule has 0 radical (unpaired) electrons. The minimum Gasteiger partial charge on any atom is -0.481 e. The van der Waals surface area contributed by atoms with Crippen molar-refractivity contribution in [3.8, 4) is 0 Å². The van der Waals surface area contributed by atoms with E-state index in [1.54, 1.807) is 38.4 Å². The van der Waals surface area contributed by atoms with Crippen LogP contribution >= 0.6 is 15.9 Å². The van der Waals surface area contributed by atoms with Crippen molar-refractivity contribution in [1.82, 2.24) is 15.3 Å². The lowest BCUT2D eigenvalue weighted by Gasteiger charge is -2.25. The number of urea groups is 1. The quantitative estimate of drug-likeness (QED) is 0.738. The van der Waals surface area contributed by atoms with Gasteiger partial charge in [-0.15, -0.1) is 0 Å². The van der Waals surface area contributed by atoms with E-state index < -0.39 is 17.5 Å². The summed E-state index contributed by atoms with van der Waals surface area (Å²) >= 11 is 3.42. The van der Waals surface area contributed by atoms with Crippen LogP contribution in [0.25, 0.3) is 11.0 Å². The van der Waals surface area contributed by atoms with Crippen molar-refractivity contribution in [2.75, 3.05) is 5.32 Å². The van der Waals surface area contributed by atoms with Crippen LogP contribution in [-0.4, -0.2) is 32.6 Å². The summed E-state index contributed by atoms with van der Waals surface area (Å²) in [4.78, 5) is 31.2. The summed E-state index contributed by atoms with van der Waals surface area (Å²) in [5.74, 6) is -0.892. The average molecular weight is 381 g/mol. The molecule has 0 fully saturated rings. The molecule has 122 valence electrons. The van der Waals surface area contributed by atoms with Gasteiger partial charge in [-0.3, -0.25) is 14.8 Å². The van der Waals surface area contributed by atoms with Gasteiger partial charge in [-0.1, -0.05) is 0 Å². The van der Waals surface area contributed by atoms with Crippen molar-refractivity contribution < 1.29 is 14.7 Å². The molecule has 23 heavy (non-hydrogen) atoms. The highest BCUT2D eigenvalue weighted by Gasteiger charge is 2.22. The molecule has 7 nitrogen and oxygen atoms in total. The molecule has 1 heterocycles. The first-order chi connectivity index (χ1) is 10.8. The Labute approximate surface area is 141 Å². The summed E-state index contributed by atoms with van der Waals surface area (Å²) in [6.07, 6.45) is 3.49. The van der Waals surface area contributed by atoms with Crippen molar-refractivity contribution in [1.29, 1.82) is 0 Å². The molecule has 0 saturated carbocycles. The number of fused-ring (bicyclic) bond motifs is 1.